The molecule has 0 atom stereocenters. The Morgan fingerprint density at radius 2 is 2.04 bits per heavy atom. The summed E-state index contributed by atoms with van der Waals surface area (Å²) in [5, 5.41) is 15.0. The number of aryl methyl sites for hydroxylation is 1. The Bertz CT molecular complexity index is 1060. The summed E-state index contributed by atoms with van der Waals surface area (Å²) in [7, 11) is 0. The average molecular weight is 330 g/mol. The van der Waals surface area contributed by atoms with Crippen LogP contribution in [0.3, 0.4) is 0 Å². The van der Waals surface area contributed by atoms with Crippen molar-refractivity contribution in [2.75, 3.05) is 5.32 Å². The molecular formula is C18H14N6O. The van der Waals surface area contributed by atoms with Crippen LogP contribution in [0.4, 0.5) is 5.69 Å². The van der Waals surface area contributed by atoms with Gasteiger partial charge in [-0.25, -0.2) is 4.68 Å². The summed E-state index contributed by atoms with van der Waals surface area (Å²) in [6.45, 7) is 1.96. The fraction of sp³-hybridized carbons (Fsp3) is 0.0556. The van der Waals surface area contributed by atoms with Crippen LogP contribution in [0.15, 0.2) is 61.1 Å². The van der Waals surface area contributed by atoms with E-state index in [9.17, 15) is 4.79 Å². The molecule has 0 saturated heterocycles. The number of nitrogens with one attached hydrogen (secondary N) is 1. The third-order valence-electron chi connectivity index (χ3n) is 3.93. The highest BCUT2D eigenvalue weighted by atomic mass is 16.1. The van der Waals surface area contributed by atoms with Crippen LogP contribution in [0.1, 0.15) is 15.9 Å². The molecule has 0 unspecified atom stereocenters. The van der Waals surface area contributed by atoms with Crippen LogP contribution in [-0.2, 0) is 0 Å². The van der Waals surface area contributed by atoms with Gasteiger partial charge in [-0.1, -0.05) is 12.1 Å². The van der Waals surface area contributed by atoms with Crippen molar-refractivity contribution in [3.63, 3.8) is 0 Å². The van der Waals surface area contributed by atoms with Crippen LogP contribution in [-0.4, -0.2) is 31.1 Å². The Morgan fingerprint density at radius 1 is 1.12 bits per heavy atom. The molecule has 0 spiro atoms. The van der Waals surface area contributed by atoms with Crippen LogP contribution in [0, 0.1) is 6.92 Å². The zero-order chi connectivity index (χ0) is 17.2. The first-order valence-electron chi connectivity index (χ1n) is 7.71. The number of anilines is 1. The molecule has 7 nitrogen and oxygen atoms in total. The molecule has 0 fully saturated rings. The third kappa shape index (κ3) is 2.94. The molecule has 4 aromatic rings. The molecule has 2 heterocycles. The van der Waals surface area contributed by atoms with Crippen LogP contribution in [0.25, 0.3) is 16.6 Å². The van der Waals surface area contributed by atoms with E-state index in [1.807, 2.05) is 49.4 Å². The summed E-state index contributed by atoms with van der Waals surface area (Å²) < 4.78 is 1.56. The van der Waals surface area contributed by atoms with E-state index in [1.54, 1.807) is 16.9 Å². The van der Waals surface area contributed by atoms with Gasteiger partial charge in [-0.15, -0.1) is 5.10 Å². The lowest BCUT2D eigenvalue weighted by atomic mass is 10.1. The predicted octanol–water partition coefficient (Wildman–Crippen LogP) is 2.77. The summed E-state index contributed by atoms with van der Waals surface area (Å²) in [6.07, 6.45) is 3.25. The second-order valence-corrected chi connectivity index (χ2v) is 5.62. The van der Waals surface area contributed by atoms with Crippen LogP contribution in [0.5, 0.6) is 0 Å². The highest BCUT2D eigenvalue weighted by molar-refractivity contribution is 6.06. The molecule has 0 aliphatic carbocycles. The van der Waals surface area contributed by atoms with E-state index < -0.39 is 0 Å². The lowest BCUT2D eigenvalue weighted by Gasteiger charge is -2.10. The SMILES string of the molecule is Cc1ccc(NC(=O)c2ccc3ncccc3c2)cc1-n1cnnn1. The molecule has 1 N–H and O–H groups in total. The number of tetrazole rings is 1. The van der Waals surface area contributed by atoms with Crippen molar-refractivity contribution in [3.8, 4) is 5.69 Å². The molecule has 25 heavy (non-hydrogen) atoms. The van der Waals surface area contributed by atoms with E-state index in [2.05, 4.69) is 25.8 Å². The topological polar surface area (TPSA) is 85.6 Å². The second-order valence-electron chi connectivity index (χ2n) is 5.62. The Hall–Kier alpha value is -3.61. The standard InChI is InChI=1S/C18H14N6O/c1-12-4-6-15(10-17(12)24-11-20-22-23-24)21-18(25)14-5-7-16-13(9-14)3-2-8-19-16/h2-11H,1H3,(H,21,25). The number of aromatic nitrogens is 5. The van der Waals surface area contributed by atoms with Crippen molar-refractivity contribution in [2.45, 2.75) is 6.92 Å². The summed E-state index contributed by atoms with van der Waals surface area (Å²) in [4.78, 5) is 16.8. The first kappa shape index (κ1) is 14.9. The smallest absolute Gasteiger partial charge is 0.255 e. The second kappa shape index (κ2) is 6.12. The maximum Gasteiger partial charge on any atom is 0.255 e. The summed E-state index contributed by atoms with van der Waals surface area (Å²) in [6, 6.07) is 14.8. The van der Waals surface area contributed by atoms with Gasteiger partial charge < -0.3 is 5.32 Å². The third-order valence-corrected chi connectivity index (χ3v) is 3.93. The van der Waals surface area contributed by atoms with Gasteiger partial charge in [0, 0.05) is 22.8 Å². The number of carbonyl (C=O) groups is 1. The van der Waals surface area contributed by atoms with E-state index in [1.165, 1.54) is 6.33 Å². The normalized spacial score (nSPS) is 10.8. The van der Waals surface area contributed by atoms with E-state index in [0.717, 1.165) is 22.2 Å². The van der Waals surface area contributed by atoms with Gasteiger partial charge in [0.05, 0.1) is 11.2 Å². The Balaban J connectivity index is 1.63. The lowest BCUT2D eigenvalue weighted by molar-refractivity contribution is 0.102. The number of benzene rings is 2. The highest BCUT2D eigenvalue weighted by Crippen LogP contribution is 2.20. The number of hydrogen-bond acceptors (Lipinski definition) is 5. The number of rotatable bonds is 3. The van der Waals surface area contributed by atoms with Crippen molar-refractivity contribution in [2.24, 2.45) is 0 Å². The molecule has 4 rings (SSSR count). The Kier molecular flexibility index (Phi) is 3.66. The molecule has 7 heteroatoms. The van der Waals surface area contributed by atoms with Gasteiger partial charge in [-0.05, 0) is 59.3 Å². The Labute approximate surface area is 143 Å². The first-order chi connectivity index (χ1) is 12.2. The predicted molar refractivity (Wildman–Crippen MR) is 93.6 cm³/mol. The van der Waals surface area contributed by atoms with Crippen molar-refractivity contribution >= 4 is 22.5 Å². The monoisotopic (exact) mass is 330 g/mol. The maximum absolute atomic E-state index is 12.6. The quantitative estimate of drug-likeness (QED) is 0.624. The lowest BCUT2D eigenvalue weighted by Crippen LogP contribution is -2.12. The highest BCUT2D eigenvalue weighted by Gasteiger charge is 2.10. The van der Waals surface area contributed by atoms with Crippen LogP contribution < -0.4 is 5.32 Å². The number of hydrogen-bond donors (Lipinski definition) is 1. The van der Waals surface area contributed by atoms with Gasteiger partial charge >= 0.3 is 0 Å². The van der Waals surface area contributed by atoms with Crippen molar-refractivity contribution in [1.29, 1.82) is 0 Å². The summed E-state index contributed by atoms with van der Waals surface area (Å²) in [5.41, 5.74) is 3.92. The van der Waals surface area contributed by atoms with Crippen molar-refractivity contribution in [3.05, 3.63) is 72.2 Å². The molecule has 1 amide bonds. The van der Waals surface area contributed by atoms with E-state index in [0.29, 0.717) is 11.3 Å². The zero-order valence-corrected chi connectivity index (χ0v) is 13.4. The fourth-order valence-corrected chi connectivity index (χ4v) is 2.63. The maximum atomic E-state index is 12.6. The molecule has 2 aromatic heterocycles. The first-order valence-corrected chi connectivity index (χ1v) is 7.71. The van der Waals surface area contributed by atoms with Gasteiger partial charge in [0.1, 0.15) is 6.33 Å². The number of carbonyl (C=O) groups excluding carboxylic acids is 1. The molecule has 0 saturated carbocycles. The minimum atomic E-state index is -0.183. The molecule has 0 bridgehead atoms. The number of pyridine rings is 1. The molecule has 2 aromatic carbocycles. The van der Waals surface area contributed by atoms with Gasteiger partial charge in [-0.2, -0.15) is 0 Å². The van der Waals surface area contributed by atoms with Crippen LogP contribution >= 0.6 is 0 Å². The zero-order valence-electron chi connectivity index (χ0n) is 13.4. The van der Waals surface area contributed by atoms with E-state index in [4.69, 9.17) is 0 Å². The average Bonchev–Trinajstić information content (AvgIpc) is 3.17. The minimum absolute atomic E-state index is 0.183. The van der Waals surface area contributed by atoms with Gasteiger partial charge in [0.25, 0.3) is 5.91 Å². The fourth-order valence-electron chi connectivity index (χ4n) is 2.63. The largest absolute Gasteiger partial charge is 0.322 e. The molecular weight excluding hydrogens is 316 g/mol. The van der Waals surface area contributed by atoms with Crippen molar-refractivity contribution in [1.82, 2.24) is 25.2 Å². The van der Waals surface area contributed by atoms with Gasteiger partial charge in [0.15, 0.2) is 0 Å². The Morgan fingerprint density at radius 3 is 2.88 bits per heavy atom. The van der Waals surface area contributed by atoms with Gasteiger partial charge in [-0.3, -0.25) is 9.78 Å². The molecule has 0 aliphatic heterocycles. The minimum Gasteiger partial charge on any atom is -0.322 e. The van der Waals surface area contributed by atoms with E-state index >= 15 is 0 Å². The van der Waals surface area contributed by atoms with Crippen LogP contribution in [0.2, 0.25) is 0 Å². The van der Waals surface area contributed by atoms with Crippen molar-refractivity contribution < 1.29 is 4.79 Å². The molecule has 0 radical (unpaired) electrons. The molecule has 122 valence electrons. The van der Waals surface area contributed by atoms with Gasteiger partial charge in [0.2, 0.25) is 0 Å². The number of nitrogens with zero attached hydrogens (tertiary/aromatic N) is 5. The molecule has 0 aliphatic rings. The number of fused-ring (bicyclic) bond motifs is 1. The number of amides is 1. The summed E-state index contributed by atoms with van der Waals surface area (Å²) >= 11 is 0. The van der Waals surface area contributed by atoms with E-state index in [-0.39, 0.29) is 5.91 Å². The summed E-state index contributed by atoms with van der Waals surface area (Å²) in [5.74, 6) is -0.183.